The van der Waals surface area contributed by atoms with Crippen LogP contribution in [0.1, 0.15) is 39.0 Å². The number of carbonyl (C=O) groups is 2. The fraction of sp³-hybridized carbons (Fsp3) is 0.192. The van der Waals surface area contributed by atoms with Crippen LogP contribution in [0.2, 0.25) is 0 Å². The number of imidazole rings is 1. The van der Waals surface area contributed by atoms with E-state index in [4.69, 9.17) is 9.47 Å². The Hall–Kier alpha value is -3.72. The SMILES string of the molecule is CNC(=O)c1ccc(OCc2nc3ccc(C)cc3n2C(C)=O)c(OCc2ccc(Br)cc2F)c1. The minimum Gasteiger partial charge on any atom is -0.485 e. The third kappa shape index (κ3) is 5.35. The second-order valence-electron chi connectivity index (χ2n) is 7.93. The number of aromatic nitrogens is 2. The summed E-state index contributed by atoms with van der Waals surface area (Å²) in [6, 6.07) is 15.1. The molecule has 4 rings (SSSR count). The van der Waals surface area contributed by atoms with Crippen molar-refractivity contribution in [1.82, 2.24) is 14.9 Å². The lowest BCUT2D eigenvalue weighted by atomic mass is 10.2. The third-order valence-electron chi connectivity index (χ3n) is 5.38. The van der Waals surface area contributed by atoms with Crippen LogP contribution in [0.4, 0.5) is 4.39 Å². The summed E-state index contributed by atoms with van der Waals surface area (Å²) in [7, 11) is 1.53. The molecule has 0 radical (unpaired) electrons. The number of amides is 1. The van der Waals surface area contributed by atoms with Crippen molar-refractivity contribution < 1.29 is 23.5 Å². The smallest absolute Gasteiger partial charge is 0.251 e. The van der Waals surface area contributed by atoms with Gasteiger partial charge in [-0.2, -0.15) is 0 Å². The molecule has 0 bridgehead atoms. The first-order valence-electron chi connectivity index (χ1n) is 10.8. The van der Waals surface area contributed by atoms with Crippen molar-refractivity contribution in [3.63, 3.8) is 0 Å². The number of aryl methyl sites for hydroxylation is 1. The molecular weight excluding hydrogens is 517 g/mol. The Morgan fingerprint density at radius 2 is 1.80 bits per heavy atom. The van der Waals surface area contributed by atoms with Crippen molar-refractivity contribution in [2.75, 3.05) is 7.05 Å². The van der Waals surface area contributed by atoms with E-state index >= 15 is 0 Å². The van der Waals surface area contributed by atoms with Crippen LogP contribution < -0.4 is 14.8 Å². The molecule has 1 amide bonds. The second-order valence-corrected chi connectivity index (χ2v) is 8.84. The normalized spacial score (nSPS) is 10.9. The van der Waals surface area contributed by atoms with Gasteiger partial charge in [0.05, 0.1) is 11.0 Å². The van der Waals surface area contributed by atoms with Gasteiger partial charge >= 0.3 is 0 Å². The number of hydrogen-bond acceptors (Lipinski definition) is 5. The fourth-order valence-electron chi connectivity index (χ4n) is 3.65. The summed E-state index contributed by atoms with van der Waals surface area (Å²) in [6.45, 7) is 3.32. The first kappa shape index (κ1) is 24.4. The molecule has 0 fully saturated rings. The summed E-state index contributed by atoms with van der Waals surface area (Å²) in [5.74, 6) is 0.107. The monoisotopic (exact) mass is 539 g/mol. The van der Waals surface area contributed by atoms with Crippen LogP contribution >= 0.6 is 15.9 Å². The van der Waals surface area contributed by atoms with Gasteiger partial charge < -0.3 is 14.8 Å². The Morgan fingerprint density at radius 1 is 1.03 bits per heavy atom. The molecule has 0 spiro atoms. The Labute approximate surface area is 210 Å². The molecule has 0 saturated heterocycles. The van der Waals surface area contributed by atoms with Crippen LogP contribution in [0.3, 0.4) is 0 Å². The summed E-state index contributed by atoms with van der Waals surface area (Å²) in [4.78, 5) is 29.1. The largest absolute Gasteiger partial charge is 0.485 e. The second kappa shape index (κ2) is 10.3. The maximum atomic E-state index is 14.3. The zero-order chi connectivity index (χ0) is 25.1. The molecule has 0 aliphatic rings. The van der Waals surface area contributed by atoms with Crippen LogP contribution in [-0.2, 0) is 13.2 Å². The van der Waals surface area contributed by atoms with Gasteiger partial charge in [0.15, 0.2) is 17.3 Å². The van der Waals surface area contributed by atoms with Gasteiger partial charge in [-0.05, 0) is 55.0 Å². The van der Waals surface area contributed by atoms with Crippen molar-refractivity contribution in [3.05, 3.63) is 87.4 Å². The predicted molar refractivity (Wildman–Crippen MR) is 133 cm³/mol. The summed E-state index contributed by atoms with van der Waals surface area (Å²) >= 11 is 3.24. The van der Waals surface area contributed by atoms with Crippen LogP contribution in [-0.4, -0.2) is 28.4 Å². The van der Waals surface area contributed by atoms with Gasteiger partial charge in [-0.3, -0.25) is 14.2 Å². The molecule has 9 heteroatoms. The highest BCUT2D eigenvalue weighted by Crippen LogP contribution is 2.31. The average molecular weight is 540 g/mol. The number of carbonyl (C=O) groups excluding carboxylic acids is 2. The first-order chi connectivity index (χ1) is 16.8. The van der Waals surface area contributed by atoms with Crippen molar-refractivity contribution in [1.29, 1.82) is 0 Å². The van der Waals surface area contributed by atoms with E-state index in [0.717, 1.165) is 5.56 Å². The van der Waals surface area contributed by atoms with E-state index in [0.29, 0.717) is 38.2 Å². The molecule has 0 aliphatic carbocycles. The van der Waals surface area contributed by atoms with Gasteiger partial charge in [0.25, 0.3) is 5.91 Å². The number of nitrogens with zero attached hydrogens (tertiary/aromatic N) is 2. The Kier molecular flexibility index (Phi) is 7.16. The van der Waals surface area contributed by atoms with E-state index in [1.165, 1.54) is 30.7 Å². The number of halogens is 2. The minimum absolute atomic E-state index is 0.0182. The average Bonchev–Trinajstić information content (AvgIpc) is 3.19. The molecule has 1 heterocycles. The van der Waals surface area contributed by atoms with E-state index < -0.39 is 5.82 Å². The summed E-state index contributed by atoms with van der Waals surface area (Å²) in [6.07, 6.45) is 0. The van der Waals surface area contributed by atoms with E-state index in [1.807, 2.05) is 25.1 Å². The quantitative estimate of drug-likeness (QED) is 0.339. The van der Waals surface area contributed by atoms with E-state index in [9.17, 15) is 14.0 Å². The number of hydrogen-bond donors (Lipinski definition) is 1. The standard InChI is InChI=1S/C26H23BrFN3O4/c1-15-4-8-21-22(10-15)31(16(2)32)25(30-21)14-35-23-9-6-17(26(33)29-3)11-24(23)34-13-18-5-7-19(27)12-20(18)28/h4-12H,13-14H2,1-3H3,(H,29,33). The molecule has 4 aromatic rings. The van der Waals surface area contributed by atoms with Crippen molar-refractivity contribution in [2.45, 2.75) is 27.1 Å². The number of nitrogens with one attached hydrogen (secondary N) is 1. The van der Waals surface area contributed by atoms with E-state index in [2.05, 4.69) is 26.2 Å². The highest BCUT2D eigenvalue weighted by molar-refractivity contribution is 9.10. The summed E-state index contributed by atoms with van der Waals surface area (Å²) < 4.78 is 28.3. The lowest BCUT2D eigenvalue weighted by Crippen LogP contribution is -2.18. The van der Waals surface area contributed by atoms with Crippen LogP contribution in [0.5, 0.6) is 11.5 Å². The molecule has 0 saturated carbocycles. The first-order valence-corrected chi connectivity index (χ1v) is 11.6. The fourth-order valence-corrected chi connectivity index (χ4v) is 3.98. The third-order valence-corrected chi connectivity index (χ3v) is 5.88. The highest BCUT2D eigenvalue weighted by atomic mass is 79.9. The van der Waals surface area contributed by atoms with Crippen molar-refractivity contribution >= 4 is 38.8 Å². The Morgan fingerprint density at radius 3 is 2.51 bits per heavy atom. The van der Waals surface area contributed by atoms with Gasteiger partial charge in [-0.25, -0.2) is 9.37 Å². The summed E-state index contributed by atoms with van der Waals surface area (Å²) in [5.41, 5.74) is 3.10. The molecule has 180 valence electrons. The lowest BCUT2D eigenvalue weighted by Gasteiger charge is -2.15. The number of rotatable bonds is 7. The molecule has 0 aliphatic heterocycles. The molecular formula is C26H23BrFN3O4. The lowest BCUT2D eigenvalue weighted by molar-refractivity contribution is 0.0930. The number of fused-ring (bicyclic) bond motifs is 1. The maximum Gasteiger partial charge on any atom is 0.251 e. The van der Waals surface area contributed by atoms with Crippen LogP contribution in [0.15, 0.2) is 59.1 Å². The van der Waals surface area contributed by atoms with E-state index in [1.54, 1.807) is 24.3 Å². The van der Waals surface area contributed by atoms with Gasteiger partial charge in [0, 0.05) is 29.6 Å². The molecule has 7 nitrogen and oxygen atoms in total. The van der Waals surface area contributed by atoms with Crippen molar-refractivity contribution in [3.8, 4) is 11.5 Å². The maximum absolute atomic E-state index is 14.3. The number of ether oxygens (including phenoxy) is 2. The Balaban J connectivity index is 1.63. The highest BCUT2D eigenvalue weighted by Gasteiger charge is 2.17. The zero-order valence-electron chi connectivity index (χ0n) is 19.4. The summed E-state index contributed by atoms with van der Waals surface area (Å²) in [5, 5.41) is 2.56. The van der Waals surface area contributed by atoms with E-state index in [-0.39, 0.29) is 30.8 Å². The molecule has 1 aromatic heterocycles. The Bertz CT molecular complexity index is 1430. The molecule has 3 aromatic carbocycles. The molecule has 35 heavy (non-hydrogen) atoms. The van der Waals surface area contributed by atoms with Gasteiger partial charge in [0.1, 0.15) is 19.0 Å². The van der Waals surface area contributed by atoms with Gasteiger partial charge in [-0.1, -0.05) is 28.1 Å². The predicted octanol–water partition coefficient (Wildman–Crippen LogP) is 5.42. The molecule has 0 unspecified atom stereocenters. The van der Waals surface area contributed by atoms with Crippen molar-refractivity contribution in [2.24, 2.45) is 0 Å². The van der Waals surface area contributed by atoms with Gasteiger partial charge in [0.2, 0.25) is 5.91 Å². The topological polar surface area (TPSA) is 82.5 Å². The molecule has 1 N–H and O–H groups in total. The minimum atomic E-state index is -0.422. The van der Waals surface area contributed by atoms with Crippen LogP contribution in [0, 0.1) is 12.7 Å². The zero-order valence-corrected chi connectivity index (χ0v) is 21.0. The van der Waals surface area contributed by atoms with Crippen LogP contribution in [0.25, 0.3) is 11.0 Å². The number of benzene rings is 3. The molecule has 0 atom stereocenters. The van der Waals surface area contributed by atoms with Gasteiger partial charge in [-0.15, -0.1) is 0 Å².